The van der Waals surface area contributed by atoms with E-state index in [-0.39, 0.29) is 11.3 Å². The van der Waals surface area contributed by atoms with Crippen LogP contribution in [0.5, 0.6) is 28.7 Å². The Morgan fingerprint density at radius 3 is 1.94 bits per heavy atom. The Morgan fingerprint density at radius 1 is 0.788 bits per heavy atom. The van der Waals surface area contributed by atoms with Crippen molar-refractivity contribution in [2.24, 2.45) is 0 Å². The van der Waals surface area contributed by atoms with Gasteiger partial charge in [-0.3, -0.25) is 9.78 Å². The minimum absolute atomic E-state index is 0.272. The minimum atomic E-state index is -0.625. The van der Waals surface area contributed by atoms with Gasteiger partial charge in [0.15, 0.2) is 0 Å². The first-order chi connectivity index (χ1) is 16.0. The van der Waals surface area contributed by atoms with Crippen LogP contribution in [0.25, 0.3) is 11.1 Å². The first-order valence-corrected chi connectivity index (χ1v) is 10.3. The third-order valence-corrected chi connectivity index (χ3v) is 5.03. The molecule has 1 aromatic heterocycles. The largest absolute Gasteiger partial charge is 0.508 e. The van der Waals surface area contributed by atoms with Gasteiger partial charge in [-0.25, -0.2) is 0 Å². The molecule has 7 nitrogen and oxygen atoms in total. The van der Waals surface area contributed by atoms with E-state index in [4.69, 9.17) is 4.74 Å². The number of carbonyl (C=O) groups is 1. The summed E-state index contributed by atoms with van der Waals surface area (Å²) < 4.78 is 5.90. The molecule has 4 N–H and O–H groups in total. The molecule has 3 aromatic carbocycles. The summed E-state index contributed by atoms with van der Waals surface area (Å²) >= 11 is 0. The second kappa shape index (κ2) is 9.74. The standard InChI is InChI=1S/C26H22N2O5/c29-20-15-23(30)25(24(31)16-20)26(32)28-14-9-17-1-5-21(6-2-17)33-22-7-3-18(4-8-22)19-10-12-27-13-11-19/h1-8,10-13,15-16,29-31H,9,14H2,(H,28,32). The number of rotatable bonds is 7. The van der Waals surface area contributed by atoms with Crippen molar-refractivity contribution in [1.82, 2.24) is 10.3 Å². The molecule has 166 valence electrons. The first kappa shape index (κ1) is 21.7. The molecule has 0 aliphatic heterocycles. The van der Waals surface area contributed by atoms with Gasteiger partial charge in [0.1, 0.15) is 34.3 Å². The summed E-state index contributed by atoms with van der Waals surface area (Å²) in [6, 6.07) is 21.2. The van der Waals surface area contributed by atoms with Crippen LogP contribution in [0.1, 0.15) is 15.9 Å². The normalized spacial score (nSPS) is 10.5. The number of phenolic OH excluding ortho intramolecular Hbond substituents is 3. The summed E-state index contributed by atoms with van der Waals surface area (Å²) in [6.45, 7) is 0.301. The predicted molar refractivity (Wildman–Crippen MR) is 124 cm³/mol. The number of nitrogens with one attached hydrogen (secondary N) is 1. The fraction of sp³-hybridized carbons (Fsp3) is 0.0769. The van der Waals surface area contributed by atoms with Crippen LogP contribution >= 0.6 is 0 Å². The van der Waals surface area contributed by atoms with Gasteiger partial charge in [0, 0.05) is 31.1 Å². The lowest BCUT2D eigenvalue weighted by Gasteiger charge is -2.10. The summed E-state index contributed by atoms with van der Waals surface area (Å²) in [5.74, 6) is -0.506. The van der Waals surface area contributed by atoms with E-state index >= 15 is 0 Å². The van der Waals surface area contributed by atoms with Crippen molar-refractivity contribution >= 4 is 5.91 Å². The van der Waals surface area contributed by atoms with Crippen LogP contribution in [0.15, 0.2) is 85.2 Å². The molecule has 0 bridgehead atoms. The molecule has 0 radical (unpaired) electrons. The maximum Gasteiger partial charge on any atom is 0.258 e. The second-order valence-corrected chi connectivity index (χ2v) is 7.37. The van der Waals surface area contributed by atoms with Crippen molar-refractivity contribution in [2.45, 2.75) is 6.42 Å². The Morgan fingerprint density at radius 2 is 1.33 bits per heavy atom. The van der Waals surface area contributed by atoms with E-state index in [2.05, 4.69) is 10.3 Å². The molecule has 1 heterocycles. The van der Waals surface area contributed by atoms with E-state index in [9.17, 15) is 20.1 Å². The SMILES string of the molecule is O=C(NCCc1ccc(Oc2ccc(-c3ccncc3)cc2)cc1)c1c(O)cc(O)cc1O. The molecule has 0 spiro atoms. The highest BCUT2D eigenvalue weighted by Crippen LogP contribution is 2.31. The molecule has 4 aromatic rings. The zero-order valence-electron chi connectivity index (χ0n) is 17.6. The van der Waals surface area contributed by atoms with Crippen molar-refractivity contribution in [1.29, 1.82) is 0 Å². The topological polar surface area (TPSA) is 112 Å². The number of nitrogens with zero attached hydrogens (tertiary/aromatic N) is 1. The molecule has 4 rings (SSSR count). The Kier molecular flexibility index (Phi) is 6.40. The average Bonchev–Trinajstić information content (AvgIpc) is 2.81. The van der Waals surface area contributed by atoms with Crippen LogP contribution < -0.4 is 10.1 Å². The van der Waals surface area contributed by atoms with Crippen LogP contribution in [-0.4, -0.2) is 32.8 Å². The molecule has 33 heavy (non-hydrogen) atoms. The fourth-order valence-electron chi connectivity index (χ4n) is 3.36. The number of pyridine rings is 1. The molecule has 0 unspecified atom stereocenters. The number of hydrogen-bond donors (Lipinski definition) is 4. The maximum absolute atomic E-state index is 12.2. The molecule has 0 fully saturated rings. The summed E-state index contributed by atoms with van der Waals surface area (Å²) in [4.78, 5) is 16.3. The van der Waals surface area contributed by atoms with Gasteiger partial charge in [-0.15, -0.1) is 0 Å². The van der Waals surface area contributed by atoms with E-state index in [1.54, 1.807) is 12.4 Å². The van der Waals surface area contributed by atoms with E-state index in [1.165, 1.54) is 0 Å². The Balaban J connectivity index is 1.30. The third-order valence-electron chi connectivity index (χ3n) is 5.03. The lowest BCUT2D eigenvalue weighted by Crippen LogP contribution is -2.25. The van der Waals surface area contributed by atoms with E-state index in [0.29, 0.717) is 18.7 Å². The molecule has 0 aliphatic rings. The number of aromatic hydroxyl groups is 3. The highest BCUT2D eigenvalue weighted by atomic mass is 16.5. The van der Waals surface area contributed by atoms with Crippen LogP contribution in [0.3, 0.4) is 0 Å². The smallest absolute Gasteiger partial charge is 0.258 e. The summed E-state index contributed by atoms with van der Waals surface area (Å²) in [5.41, 5.74) is 2.88. The Labute approximate surface area is 190 Å². The van der Waals surface area contributed by atoms with Crippen LogP contribution in [0.2, 0.25) is 0 Å². The Hall–Kier alpha value is -4.52. The van der Waals surface area contributed by atoms with Gasteiger partial charge < -0.3 is 25.4 Å². The fourth-order valence-corrected chi connectivity index (χ4v) is 3.36. The number of aromatic nitrogens is 1. The number of hydrogen-bond acceptors (Lipinski definition) is 6. The molecular weight excluding hydrogens is 420 g/mol. The first-order valence-electron chi connectivity index (χ1n) is 10.3. The number of ether oxygens (including phenoxy) is 1. The molecule has 1 amide bonds. The summed E-state index contributed by atoms with van der Waals surface area (Å²) in [5, 5.41) is 31.6. The van der Waals surface area contributed by atoms with Gasteiger partial charge in [0.05, 0.1) is 0 Å². The highest BCUT2D eigenvalue weighted by Gasteiger charge is 2.17. The number of phenols is 3. The lowest BCUT2D eigenvalue weighted by molar-refractivity contribution is 0.0948. The predicted octanol–water partition coefficient (Wildman–Crippen LogP) is 4.63. The zero-order valence-corrected chi connectivity index (χ0v) is 17.6. The van der Waals surface area contributed by atoms with Gasteiger partial charge in [-0.05, 0) is 59.5 Å². The average molecular weight is 442 g/mol. The van der Waals surface area contributed by atoms with Gasteiger partial charge in [0.2, 0.25) is 0 Å². The van der Waals surface area contributed by atoms with Crippen molar-refractivity contribution in [2.75, 3.05) is 6.54 Å². The third kappa shape index (κ3) is 5.40. The van der Waals surface area contributed by atoms with Crippen LogP contribution in [0.4, 0.5) is 0 Å². The molecule has 7 heteroatoms. The monoisotopic (exact) mass is 442 g/mol. The van der Waals surface area contributed by atoms with Crippen LogP contribution in [0, 0.1) is 0 Å². The van der Waals surface area contributed by atoms with Crippen molar-refractivity contribution in [3.8, 4) is 39.9 Å². The van der Waals surface area contributed by atoms with E-state index in [1.807, 2.05) is 60.7 Å². The van der Waals surface area contributed by atoms with Crippen LogP contribution in [-0.2, 0) is 6.42 Å². The summed E-state index contributed by atoms with van der Waals surface area (Å²) in [7, 11) is 0. The Bertz CT molecular complexity index is 1220. The van der Waals surface area contributed by atoms with E-state index in [0.717, 1.165) is 34.6 Å². The zero-order chi connectivity index (χ0) is 23.2. The quantitative estimate of drug-likeness (QED) is 0.332. The highest BCUT2D eigenvalue weighted by molar-refractivity contribution is 5.99. The van der Waals surface area contributed by atoms with Crippen molar-refractivity contribution in [3.63, 3.8) is 0 Å². The molecule has 0 aliphatic carbocycles. The maximum atomic E-state index is 12.2. The van der Waals surface area contributed by atoms with Gasteiger partial charge in [0.25, 0.3) is 5.91 Å². The molecular formula is C26H22N2O5. The van der Waals surface area contributed by atoms with Crippen molar-refractivity contribution in [3.05, 3.63) is 96.3 Å². The van der Waals surface area contributed by atoms with Crippen molar-refractivity contribution < 1.29 is 24.9 Å². The minimum Gasteiger partial charge on any atom is -0.508 e. The number of benzene rings is 3. The number of amides is 1. The molecule has 0 atom stereocenters. The van der Waals surface area contributed by atoms with E-state index < -0.39 is 17.4 Å². The second-order valence-electron chi connectivity index (χ2n) is 7.37. The van der Waals surface area contributed by atoms with Gasteiger partial charge in [-0.2, -0.15) is 0 Å². The molecule has 0 saturated carbocycles. The van der Waals surface area contributed by atoms with Gasteiger partial charge in [-0.1, -0.05) is 24.3 Å². The summed E-state index contributed by atoms with van der Waals surface area (Å²) in [6.07, 6.45) is 4.06. The lowest BCUT2D eigenvalue weighted by atomic mass is 10.1. The number of carbonyl (C=O) groups excluding carboxylic acids is 1. The molecule has 0 saturated heterocycles. The van der Waals surface area contributed by atoms with Gasteiger partial charge >= 0.3 is 0 Å².